The molecule has 0 aliphatic heterocycles. The van der Waals surface area contributed by atoms with Crippen LogP contribution in [0.5, 0.6) is 5.75 Å². The molecule has 0 spiro atoms. The van der Waals surface area contributed by atoms with Crippen molar-refractivity contribution < 1.29 is 14.0 Å². The van der Waals surface area contributed by atoms with E-state index < -0.39 is 5.82 Å². The molecule has 0 aliphatic rings. The molecule has 0 saturated heterocycles. The fourth-order valence-electron chi connectivity index (χ4n) is 1.08. The lowest BCUT2D eigenvalue weighted by Gasteiger charge is -2.11. The molecule has 4 heteroatoms. The maximum absolute atomic E-state index is 13.3. The molecule has 0 aliphatic carbocycles. The molecule has 0 aromatic heterocycles. The summed E-state index contributed by atoms with van der Waals surface area (Å²) in [7, 11) is 0. The van der Waals surface area contributed by atoms with E-state index in [9.17, 15) is 4.39 Å². The van der Waals surface area contributed by atoms with Gasteiger partial charge in [0.05, 0.1) is 12.7 Å². The fraction of sp³-hybridized carbons (Fsp3) is 0.400. The van der Waals surface area contributed by atoms with E-state index >= 15 is 0 Å². The van der Waals surface area contributed by atoms with Gasteiger partial charge in [-0.15, -0.1) is 0 Å². The minimum Gasteiger partial charge on any atom is -0.488 e. The van der Waals surface area contributed by atoms with Crippen molar-refractivity contribution in [2.45, 2.75) is 26.6 Å². The van der Waals surface area contributed by atoms with Gasteiger partial charge in [-0.2, -0.15) is 0 Å². The Kier molecular flexibility index (Phi) is 3.85. The number of rotatable bonds is 4. The van der Waals surface area contributed by atoms with Crippen LogP contribution in [-0.2, 0) is 11.4 Å². The monoisotopic (exact) mass is 199 g/mol. The van der Waals surface area contributed by atoms with E-state index in [-0.39, 0.29) is 18.5 Å². The normalized spacial score (nSPS) is 10.6. The van der Waals surface area contributed by atoms with Crippen LogP contribution in [0.15, 0.2) is 18.2 Å². The third kappa shape index (κ3) is 2.97. The van der Waals surface area contributed by atoms with Gasteiger partial charge in [-0.3, -0.25) is 4.84 Å². The number of halogens is 1. The minimum absolute atomic E-state index is 0.0406. The first-order valence-electron chi connectivity index (χ1n) is 4.40. The molecule has 0 fully saturated rings. The molecule has 14 heavy (non-hydrogen) atoms. The van der Waals surface area contributed by atoms with Gasteiger partial charge in [0.2, 0.25) is 0 Å². The van der Waals surface area contributed by atoms with Gasteiger partial charge >= 0.3 is 0 Å². The van der Waals surface area contributed by atoms with Crippen molar-refractivity contribution in [2.75, 3.05) is 0 Å². The standard InChI is InChI=1S/C10H14FNO2/c1-7(2)14-10-4-3-8(6-13-12)5-9(10)11/h3-5,7H,6,12H2,1-2H3. The molecule has 78 valence electrons. The van der Waals surface area contributed by atoms with Crippen LogP contribution in [0.25, 0.3) is 0 Å². The summed E-state index contributed by atoms with van der Waals surface area (Å²) in [5.74, 6) is 4.73. The van der Waals surface area contributed by atoms with E-state index in [1.165, 1.54) is 6.07 Å². The molecular weight excluding hydrogens is 185 g/mol. The first-order chi connectivity index (χ1) is 6.63. The molecule has 3 nitrogen and oxygen atoms in total. The Morgan fingerprint density at radius 3 is 2.64 bits per heavy atom. The Hall–Kier alpha value is -1.13. The van der Waals surface area contributed by atoms with Crippen LogP contribution in [-0.4, -0.2) is 6.10 Å². The summed E-state index contributed by atoms with van der Waals surface area (Å²) in [6, 6.07) is 4.64. The lowest BCUT2D eigenvalue weighted by molar-refractivity contribution is 0.123. The molecule has 1 aromatic rings. The van der Waals surface area contributed by atoms with Crippen molar-refractivity contribution in [3.63, 3.8) is 0 Å². The molecule has 1 rings (SSSR count). The van der Waals surface area contributed by atoms with Gasteiger partial charge < -0.3 is 4.74 Å². The van der Waals surface area contributed by atoms with Crippen LogP contribution in [0.3, 0.4) is 0 Å². The molecule has 1 aromatic carbocycles. The van der Waals surface area contributed by atoms with Crippen molar-refractivity contribution in [1.82, 2.24) is 0 Å². The summed E-state index contributed by atoms with van der Waals surface area (Å²) in [5, 5.41) is 0. The van der Waals surface area contributed by atoms with Gasteiger partial charge in [-0.1, -0.05) is 6.07 Å². The highest BCUT2D eigenvalue weighted by Crippen LogP contribution is 2.19. The Balaban J connectivity index is 2.79. The van der Waals surface area contributed by atoms with Crippen LogP contribution in [0.1, 0.15) is 19.4 Å². The quantitative estimate of drug-likeness (QED) is 0.754. The van der Waals surface area contributed by atoms with Gasteiger partial charge in [0, 0.05) is 0 Å². The predicted octanol–water partition coefficient (Wildman–Crippen LogP) is 2.00. The third-order valence-corrected chi connectivity index (χ3v) is 1.61. The lowest BCUT2D eigenvalue weighted by atomic mass is 10.2. The largest absolute Gasteiger partial charge is 0.488 e. The van der Waals surface area contributed by atoms with Crippen molar-refractivity contribution in [3.8, 4) is 5.75 Å². The molecule has 0 heterocycles. The highest BCUT2D eigenvalue weighted by Gasteiger charge is 2.06. The van der Waals surface area contributed by atoms with E-state index in [0.717, 1.165) is 0 Å². The number of ether oxygens (including phenoxy) is 1. The van der Waals surface area contributed by atoms with E-state index in [1.54, 1.807) is 12.1 Å². The van der Waals surface area contributed by atoms with Gasteiger partial charge in [-0.25, -0.2) is 10.3 Å². The highest BCUT2D eigenvalue weighted by molar-refractivity contribution is 5.29. The SMILES string of the molecule is CC(C)Oc1ccc(CON)cc1F. The van der Waals surface area contributed by atoms with E-state index in [4.69, 9.17) is 10.6 Å². The van der Waals surface area contributed by atoms with E-state index in [2.05, 4.69) is 4.84 Å². The first kappa shape index (κ1) is 10.9. The van der Waals surface area contributed by atoms with Crippen LogP contribution < -0.4 is 10.6 Å². The summed E-state index contributed by atoms with van der Waals surface area (Å²) in [4.78, 5) is 4.40. The van der Waals surface area contributed by atoms with Crippen molar-refractivity contribution in [3.05, 3.63) is 29.6 Å². The van der Waals surface area contributed by atoms with Crippen LogP contribution in [0.2, 0.25) is 0 Å². The maximum atomic E-state index is 13.3. The fourth-order valence-corrected chi connectivity index (χ4v) is 1.08. The number of hydrogen-bond donors (Lipinski definition) is 1. The average Bonchev–Trinajstić information content (AvgIpc) is 2.10. The number of nitrogens with two attached hydrogens (primary N) is 1. The summed E-state index contributed by atoms with van der Waals surface area (Å²) >= 11 is 0. The van der Waals surface area contributed by atoms with Crippen molar-refractivity contribution >= 4 is 0 Å². The van der Waals surface area contributed by atoms with E-state index in [0.29, 0.717) is 5.56 Å². The van der Waals surface area contributed by atoms with Gasteiger partial charge in [0.25, 0.3) is 0 Å². The smallest absolute Gasteiger partial charge is 0.165 e. The van der Waals surface area contributed by atoms with Crippen molar-refractivity contribution in [2.24, 2.45) is 5.90 Å². The molecular formula is C10H14FNO2. The molecule has 0 radical (unpaired) electrons. The molecule has 0 saturated carbocycles. The zero-order valence-corrected chi connectivity index (χ0v) is 8.29. The van der Waals surface area contributed by atoms with Gasteiger partial charge in [0.15, 0.2) is 11.6 Å². The Bertz CT molecular complexity index is 302. The van der Waals surface area contributed by atoms with Crippen molar-refractivity contribution in [1.29, 1.82) is 0 Å². The number of hydrogen-bond acceptors (Lipinski definition) is 3. The van der Waals surface area contributed by atoms with E-state index in [1.807, 2.05) is 13.8 Å². The van der Waals surface area contributed by atoms with Gasteiger partial charge in [0.1, 0.15) is 0 Å². The summed E-state index contributed by atoms with van der Waals surface area (Å²) in [6.45, 7) is 3.88. The summed E-state index contributed by atoms with van der Waals surface area (Å²) in [6.07, 6.45) is -0.0406. The molecule has 0 atom stereocenters. The second-order valence-corrected chi connectivity index (χ2v) is 3.24. The zero-order chi connectivity index (χ0) is 10.6. The average molecular weight is 199 g/mol. The predicted molar refractivity (Wildman–Crippen MR) is 51.1 cm³/mol. The zero-order valence-electron chi connectivity index (χ0n) is 8.29. The Morgan fingerprint density at radius 1 is 1.43 bits per heavy atom. The molecule has 0 amide bonds. The van der Waals surface area contributed by atoms with Crippen LogP contribution in [0, 0.1) is 5.82 Å². The molecule has 0 unspecified atom stereocenters. The number of benzene rings is 1. The highest BCUT2D eigenvalue weighted by atomic mass is 19.1. The third-order valence-electron chi connectivity index (χ3n) is 1.61. The van der Waals surface area contributed by atoms with Crippen LogP contribution in [0.4, 0.5) is 4.39 Å². The summed E-state index contributed by atoms with van der Waals surface area (Å²) in [5.41, 5.74) is 0.682. The molecule has 0 bridgehead atoms. The van der Waals surface area contributed by atoms with Gasteiger partial charge in [-0.05, 0) is 31.5 Å². The molecule has 2 N–H and O–H groups in total. The topological polar surface area (TPSA) is 44.5 Å². The second kappa shape index (κ2) is 4.93. The lowest BCUT2D eigenvalue weighted by Crippen LogP contribution is -2.07. The first-order valence-corrected chi connectivity index (χ1v) is 4.40. The Labute approximate surface area is 82.6 Å². The minimum atomic E-state index is -0.395. The Morgan fingerprint density at radius 2 is 2.14 bits per heavy atom. The summed E-state index contributed by atoms with van der Waals surface area (Å²) < 4.78 is 18.5. The van der Waals surface area contributed by atoms with Crippen LogP contribution >= 0.6 is 0 Å². The maximum Gasteiger partial charge on any atom is 0.165 e. The second-order valence-electron chi connectivity index (χ2n) is 3.24.